The number of nitrogens with one attached hydrogen (secondary N) is 1. The Morgan fingerprint density at radius 3 is 2.30 bits per heavy atom. The number of nitrogens with zero attached hydrogens (tertiary/aromatic N) is 2. The number of H-pyrrole nitrogens is 1. The predicted molar refractivity (Wildman–Crippen MR) is 108 cm³/mol. The van der Waals surface area contributed by atoms with Crippen molar-refractivity contribution in [1.29, 1.82) is 0 Å². The summed E-state index contributed by atoms with van der Waals surface area (Å²) in [6.07, 6.45) is -3.38. The lowest BCUT2D eigenvalue weighted by Gasteiger charge is -2.38. The molecule has 1 aliphatic heterocycles. The quantitative estimate of drug-likeness (QED) is 0.718. The number of alkyl halides is 3. The van der Waals surface area contributed by atoms with Crippen LogP contribution in [0.15, 0.2) is 35.2 Å². The largest absolute Gasteiger partial charge is 0.416 e. The first-order valence-electron chi connectivity index (χ1n) is 9.87. The molecule has 1 aliphatic rings. The molecule has 1 fully saturated rings. The van der Waals surface area contributed by atoms with E-state index in [1.165, 1.54) is 6.07 Å². The number of aromatic amines is 1. The molecule has 0 radical (unpaired) electrons. The van der Waals surface area contributed by atoms with Gasteiger partial charge < -0.3 is 0 Å². The lowest BCUT2D eigenvalue weighted by molar-refractivity contribution is -0.378. The van der Waals surface area contributed by atoms with E-state index < -0.39 is 26.3 Å². The summed E-state index contributed by atoms with van der Waals surface area (Å²) in [6, 6.07) is 5.96. The summed E-state index contributed by atoms with van der Waals surface area (Å²) in [5.41, 5.74) is 0.938. The highest BCUT2D eigenvalue weighted by atomic mass is 32.2. The van der Waals surface area contributed by atoms with Crippen molar-refractivity contribution in [3.63, 3.8) is 0 Å². The molecule has 30 heavy (non-hydrogen) atoms. The average Bonchev–Trinajstić information content (AvgIpc) is 2.66. The Labute approximate surface area is 175 Å². The first kappa shape index (κ1) is 22.5. The van der Waals surface area contributed by atoms with E-state index in [4.69, 9.17) is 0 Å². The molecule has 3 rings (SSSR count). The standard InChI is InChI=1S/C21H26F3N3O2S/c1-14-12-15(2)26-19(25-14)27-10-8-16(9-11-27)20(3,4)30(28,29)18-7-5-6-17(13-18)21(22,23)24/h5-7,12-13,16H,8-11H2,1-4H3/p+1. The highest BCUT2D eigenvalue weighted by Gasteiger charge is 2.45. The van der Waals surface area contributed by atoms with Crippen molar-refractivity contribution in [2.75, 3.05) is 18.0 Å². The number of piperidine rings is 1. The first-order chi connectivity index (χ1) is 13.8. The van der Waals surface area contributed by atoms with Gasteiger partial charge in [-0.3, -0.25) is 4.90 Å². The van der Waals surface area contributed by atoms with E-state index in [0.29, 0.717) is 25.9 Å². The van der Waals surface area contributed by atoms with Crippen LogP contribution < -0.4 is 9.88 Å². The van der Waals surface area contributed by atoms with Gasteiger partial charge in [0, 0.05) is 6.07 Å². The molecule has 1 aromatic heterocycles. The van der Waals surface area contributed by atoms with Gasteiger partial charge in [-0.05, 0) is 64.7 Å². The van der Waals surface area contributed by atoms with E-state index in [0.717, 1.165) is 35.5 Å². The summed E-state index contributed by atoms with van der Waals surface area (Å²) in [6.45, 7) is 8.35. The van der Waals surface area contributed by atoms with E-state index in [2.05, 4.69) is 14.9 Å². The van der Waals surface area contributed by atoms with Crippen LogP contribution in [-0.2, 0) is 16.0 Å². The molecule has 0 bridgehead atoms. The maximum atomic E-state index is 13.3. The minimum atomic E-state index is -4.59. The third-order valence-electron chi connectivity index (χ3n) is 5.96. The van der Waals surface area contributed by atoms with Crippen LogP contribution in [0.5, 0.6) is 0 Å². The fourth-order valence-electron chi connectivity index (χ4n) is 4.05. The van der Waals surface area contributed by atoms with Crippen molar-refractivity contribution in [2.24, 2.45) is 5.92 Å². The summed E-state index contributed by atoms with van der Waals surface area (Å²) >= 11 is 0. The maximum absolute atomic E-state index is 13.3. The van der Waals surface area contributed by atoms with Crippen LogP contribution >= 0.6 is 0 Å². The van der Waals surface area contributed by atoms with Crippen molar-refractivity contribution in [2.45, 2.75) is 56.4 Å². The Kier molecular flexibility index (Phi) is 5.88. The Morgan fingerprint density at radius 2 is 1.73 bits per heavy atom. The maximum Gasteiger partial charge on any atom is 0.416 e. The number of hydrogen-bond donors (Lipinski definition) is 0. The second-order valence-corrected chi connectivity index (χ2v) is 11.0. The normalized spacial score (nSPS) is 16.7. The van der Waals surface area contributed by atoms with Crippen molar-refractivity contribution in [3.05, 3.63) is 47.3 Å². The summed E-state index contributed by atoms with van der Waals surface area (Å²) in [7, 11) is -3.96. The molecule has 0 unspecified atom stereocenters. The van der Waals surface area contributed by atoms with Crippen LogP contribution in [0.4, 0.5) is 19.1 Å². The van der Waals surface area contributed by atoms with Crippen LogP contribution in [0.1, 0.15) is 43.6 Å². The molecule has 1 aromatic carbocycles. The van der Waals surface area contributed by atoms with Gasteiger partial charge in [0.1, 0.15) is 5.69 Å². The number of rotatable bonds is 4. The lowest BCUT2D eigenvalue weighted by Crippen LogP contribution is -2.47. The molecular formula is C21H27F3N3O2S+. The summed E-state index contributed by atoms with van der Waals surface area (Å²) in [4.78, 5) is 9.56. The number of benzene rings is 1. The number of sulfone groups is 1. The van der Waals surface area contributed by atoms with Gasteiger partial charge in [-0.1, -0.05) is 11.1 Å². The molecule has 164 valence electrons. The van der Waals surface area contributed by atoms with E-state index in [-0.39, 0.29) is 10.8 Å². The van der Waals surface area contributed by atoms with E-state index in [1.807, 2.05) is 19.9 Å². The summed E-state index contributed by atoms with van der Waals surface area (Å²) < 4.78 is 64.5. The third kappa shape index (κ3) is 4.31. The van der Waals surface area contributed by atoms with Crippen LogP contribution in [0, 0.1) is 19.8 Å². The SMILES string of the molecule is Cc1cc(C)[nH+]c(N2CCC(C(C)(C)S(=O)(=O)c3cccc(C(F)(F)F)c3)CC2)n1. The van der Waals surface area contributed by atoms with Crippen LogP contribution in [-0.4, -0.2) is 31.2 Å². The van der Waals surface area contributed by atoms with Crippen LogP contribution in [0.25, 0.3) is 0 Å². The fraction of sp³-hybridized carbons (Fsp3) is 0.524. The highest BCUT2D eigenvalue weighted by molar-refractivity contribution is 7.92. The smallest absolute Gasteiger partial charge is 0.262 e. The van der Waals surface area contributed by atoms with Crippen molar-refractivity contribution in [1.82, 2.24) is 4.98 Å². The van der Waals surface area contributed by atoms with Gasteiger partial charge in [0.05, 0.1) is 34.0 Å². The van der Waals surface area contributed by atoms with Crippen LogP contribution in [0.3, 0.4) is 0 Å². The minimum absolute atomic E-state index is 0.181. The zero-order valence-corrected chi connectivity index (χ0v) is 18.4. The molecule has 0 amide bonds. The van der Waals surface area contributed by atoms with Gasteiger partial charge in [0.15, 0.2) is 9.84 Å². The molecule has 0 aliphatic carbocycles. The summed E-state index contributed by atoms with van der Waals surface area (Å²) in [5.74, 6) is 0.573. The number of aryl methyl sites for hydroxylation is 2. The second-order valence-electron chi connectivity index (χ2n) is 8.42. The average molecular weight is 443 g/mol. The zero-order chi connectivity index (χ0) is 22.3. The third-order valence-corrected chi connectivity index (χ3v) is 8.55. The Hall–Kier alpha value is -2.16. The molecule has 2 heterocycles. The number of anilines is 1. The molecule has 5 nitrogen and oxygen atoms in total. The predicted octanol–water partition coefficient (Wildman–Crippen LogP) is 4.00. The molecule has 0 spiro atoms. The van der Waals surface area contributed by atoms with Crippen molar-refractivity contribution >= 4 is 15.8 Å². The van der Waals surface area contributed by atoms with Gasteiger partial charge in [0.2, 0.25) is 0 Å². The van der Waals surface area contributed by atoms with E-state index in [1.54, 1.807) is 13.8 Å². The molecule has 9 heteroatoms. The van der Waals surface area contributed by atoms with Gasteiger partial charge in [-0.15, -0.1) is 0 Å². The van der Waals surface area contributed by atoms with Crippen LogP contribution in [0.2, 0.25) is 0 Å². The van der Waals surface area contributed by atoms with Crippen molar-refractivity contribution in [3.8, 4) is 0 Å². The van der Waals surface area contributed by atoms with E-state index >= 15 is 0 Å². The van der Waals surface area contributed by atoms with Gasteiger partial charge >= 0.3 is 12.1 Å². The molecule has 0 atom stereocenters. The number of hydrogen-bond acceptors (Lipinski definition) is 4. The second kappa shape index (κ2) is 7.83. The first-order valence-corrected chi connectivity index (χ1v) is 11.3. The van der Waals surface area contributed by atoms with Gasteiger partial charge in [0.25, 0.3) is 0 Å². The Bertz CT molecular complexity index is 1010. The number of aromatic nitrogens is 2. The highest BCUT2D eigenvalue weighted by Crippen LogP contribution is 2.39. The molecule has 2 aromatic rings. The summed E-state index contributed by atoms with van der Waals surface area (Å²) in [5, 5.41) is 0. The zero-order valence-electron chi connectivity index (χ0n) is 17.5. The molecular weight excluding hydrogens is 415 g/mol. The molecule has 1 N–H and O–H groups in total. The van der Waals surface area contributed by atoms with Gasteiger partial charge in [-0.2, -0.15) is 13.2 Å². The molecule has 0 saturated carbocycles. The Balaban J connectivity index is 1.81. The molecule has 1 saturated heterocycles. The minimum Gasteiger partial charge on any atom is -0.262 e. The fourth-order valence-corrected chi connectivity index (χ4v) is 5.87. The lowest BCUT2D eigenvalue weighted by atomic mass is 9.86. The number of halogens is 3. The monoisotopic (exact) mass is 442 g/mol. The Morgan fingerprint density at radius 1 is 1.10 bits per heavy atom. The topological polar surface area (TPSA) is 64.4 Å². The van der Waals surface area contributed by atoms with Crippen molar-refractivity contribution < 1.29 is 26.6 Å². The van der Waals surface area contributed by atoms with E-state index in [9.17, 15) is 21.6 Å². The van der Waals surface area contributed by atoms with Gasteiger partial charge in [-0.25, -0.2) is 13.4 Å².